The molecule has 0 radical (unpaired) electrons. The van der Waals surface area contributed by atoms with E-state index in [1.165, 1.54) is 11.0 Å². The number of ketones is 2. The number of phenolic OH excluding ortho intramolecular Hbond substituents is 1. The molecule has 0 saturated carbocycles. The highest BCUT2D eigenvalue weighted by molar-refractivity contribution is 6.25. The van der Waals surface area contributed by atoms with Gasteiger partial charge in [0, 0.05) is 29.1 Å². The van der Waals surface area contributed by atoms with Crippen LogP contribution in [0, 0.1) is 11.8 Å². The zero-order valence-corrected chi connectivity index (χ0v) is 27.8. The van der Waals surface area contributed by atoms with E-state index in [1.54, 1.807) is 32.3 Å². The highest BCUT2D eigenvalue weighted by Crippen LogP contribution is 2.53. The molecule has 0 fully saturated rings. The highest BCUT2D eigenvalue weighted by atomic mass is 16.5. The van der Waals surface area contributed by atoms with Gasteiger partial charge in [-0.25, -0.2) is 4.79 Å². The number of nitrogens with one attached hydrogen (secondary N) is 2. The summed E-state index contributed by atoms with van der Waals surface area (Å²) in [7, 11) is 3.16. The number of amides is 3. The third kappa shape index (κ3) is 5.66. The molecule has 0 aliphatic heterocycles. The maximum atomic E-state index is 14.1. The molecule has 2 aromatic carbocycles. The average molecular weight is 663 g/mol. The van der Waals surface area contributed by atoms with Crippen LogP contribution in [0.4, 0.5) is 4.79 Å². The molecule has 4 atom stereocenters. The van der Waals surface area contributed by atoms with E-state index in [0.29, 0.717) is 34.6 Å². The number of nitrogens with two attached hydrogens (primary N) is 1. The number of nitrogens with zero attached hydrogens (tertiary/aromatic N) is 1. The minimum atomic E-state index is -2.71. The zero-order valence-electron chi connectivity index (χ0n) is 27.8. The first-order valence-corrected chi connectivity index (χ1v) is 15.7. The van der Waals surface area contributed by atoms with Gasteiger partial charge in [-0.2, -0.15) is 0 Å². The molecule has 256 valence electrons. The van der Waals surface area contributed by atoms with Gasteiger partial charge in [0.25, 0.3) is 5.91 Å². The largest absolute Gasteiger partial charge is 0.510 e. The lowest BCUT2D eigenvalue weighted by molar-refractivity contribution is -0.148. The number of hydrogen-bond acceptors (Lipinski definition) is 10. The number of benzene rings is 2. The Bertz CT molecular complexity index is 1790. The van der Waals surface area contributed by atoms with Crippen LogP contribution in [0.2, 0.25) is 0 Å². The van der Waals surface area contributed by atoms with Crippen LogP contribution in [-0.2, 0) is 22.6 Å². The number of carbonyl (C=O) groups excluding carboxylic acids is 4. The lowest BCUT2D eigenvalue weighted by Gasteiger charge is -2.50. The number of likely N-dealkylation sites (N-methyl/N-ethyl adjacent to an activating group) is 1. The predicted octanol–water partition coefficient (Wildman–Crippen LogP) is 2.78. The first-order valence-electron chi connectivity index (χ1n) is 15.7. The van der Waals surface area contributed by atoms with E-state index in [-0.39, 0.29) is 42.3 Å². The van der Waals surface area contributed by atoms with Crippen molar-refractivity contribution >= 4 is 23.5 Å². The van der Waals surface area contributed by atoms with Crippen LogP contribution in [0.25, 0.3) is 11.1 Å². The number of ether oxygens (including phenoxy) is 1. The van der Waals surface area contributed by atoms with Gasteiger partial charge in [0.15, 0.2) is 11.4 Å². The molecule has 5 rings (SSSR count). The number of fused-ring (bicyclic) bond motifs is 3. The summed E-state index contributed by atoms with van der Waals surface area (Å²) in [6, 6.07) is 6.98. The first-order chi connectivity index (χ1) is 22.4. The van der Waals surface area contributed by atoms with Gasteiger partial charge >= 0.3 is 6.03 Å². The molecule has 2 aromatic rings. The van der Waals surface area contributed by atoms with Crippen molar-refractivity contribution < 1.29 is 44.3 Å². The second kappa shape index (κ2) is 12.3. The van der Waals surface area contributed by atoms with E-state index in [4.69, 9.17) is 10.5 Å². The Labute approximate surface area is 278 Å². The fourth-order valence-electron chi connectivity index (χ4n) is 7.26. The van der Waals surface area contributed by atoms with Crippen LogP contribution < -0.4 is 21.1 Å². The third-order valence-corrected chi connectivity index (χ3v) is 9.21. The number of allylic oxidation sites excluding steroid dienone is 1. The topological polar surface area (TPSA) is 212 Å². The Balaban J connectivity index is 1.60. The molecule has 13 heteroatoms. The van der Waals surface area contributed by atoms with Gasteiger partial charge < -0.3 is 41.5 Å². The number of phenols is 1. The monoisotopic (exact) mass is 662 g/mol. The number of aromatic hydroxyl groups is 1. The molecule has 3 aliphatic carbocycles. The van der Waals surface area contributed by atoms with E-state index in [0.717, 1.165) is 0 Å². The summed E-state index contributed by atoms with van der Waals surface area (Å²) in [5, 5.41) is 51.1. The highest BCUT2D eigenvalue weighted by Gasteiger charge is 2.63. The molecule has 0 spiro atoms. The fraction of sp³-hybridized carbons (Fsp3) is 0.429. The minimum Gasteiger partial charge on any atom is -0.510 e. The van der Waals surface area contributed by atoms with Crippen molar-refractivity contribution in [1.82, 2.24) is 15.5 Å². The molecule has 48 heavy (non-hydrogen) atoms. The number of carbonyl (C=O) groups is 4. The van der Waals surface area contributed by atoms with Gasteiger partial charge in [-0.1, -0.05) is 12.1 Å². The summed E-state index contributed by atoms with van der Waals surface area (Å²) < 4.78 is 5.81. The predicted molar refractivity (Wildman–Crippen MR) is 175 cm³/mol. The van der Waals surface area contributed by atoms with Crippen LogP contribution in [0.3, 0.4) is 0 Å². The molecular weight excluding hydrogens is 620 g/mol. The number of Topliss-reactive ketones (excluding diaryl/α,β-unsaturated/α-hetero) is 2. The smallest absolute Gasteiger partial charge is 0.315 e. The normalized spacial score (nSPS) is 23.8. The summed E-state index contributed by atoms with van der Waals surface area (Å²) in [4.78, 5) is 53.9. The van der Waals surface area contributed by atoms with Gasteiger partial charge in [-0.05, 0) is 95.4 Å². The standard InChI is InChI=1S/C35H42N4O9/c1-7-48-23-11-8-16(12-18(23)15-37-33(46)38-34(2,3)4)19-9-10-22(40)25-20(19)13-17-14-21-27(39(5)6)29(42)26(32(36)45)31(44)35(21,47)30(43)24(17)28(25)41/h8-12,17,21,27,40,42-43,47H,7,13-15H2,1-6H3,(H2,36,45)(H2,37,38,46)/t17-,21-,27?,35-/m0/s1. The van der Waals surface area contributed by atoms with Crippen LogP contribution in [0.1, 0.15) is 55.6 Å². The lowest BCUT2D eigenvalue weighted by atomic mass is 9.58. The molecule has 3 aliphatic rings. The van der Waals surface area contributed by atoms with Gasteiger partial charge in [-0.15, -0.1) is 0 Å². The molecule has 0 bridgehead atoms. The van der Waals surface area contributed by atoms with Gasteiger partial charge in [-0.3, -0.25) is 19.3 Å². The average Bonchev–Trinajstić information content (AvgIpc) is 2.97. The van der Waals surface area contributed by atoms with E-state index in [9.17, 15) is 39.6 Å². The summed E-state index contributed by atoms with van der Waals surface area (Å²) >= 11 is 0. The Kier molecular flexibility index (Phi) is 8.82. The second-order valence-electron chi connectivity index (χ2n) is 13.8. The van der Waals surface area contributed by atoms with Crippen LogP contribution in [0.15, 0.2) is 53.0 Å². The van der Waals surface area contributed by atoms with Crippen molar-refractivity contribution in [3.8, 4) is 22.6 Å². The molecule has 13 nitrogen and oxygen atoms in total. The summed E-state index contributed by atoms with van der Waals surface area (Å²) in [5.41, 5.74) is 3.51. The number of aliphatic hydroxyl groups excluding tert-OH is 2. The Morgan fingerprint density at radius 2 is 1.79 bits per heavy atom. The van der Waals surface area contributed by atoms with Crippen molar-refractivity contribution in [2.75, 3.05) is 20.7 Å². The number of hydrogen-bond donors (Lipinski definition) is 7. The molecule has 0 saturated heterocycles. The number of aliphatic hydroxyl groups is 3. The van der Waals surface area contributed by atoms with Crippen molar-refractivity contribution in [3.63, 3.8) is 0 Å². The molecule has 1 unspecified atom stereocenters. The third-order valence-electron chi connectivity index (χ3n) is 9.21. The Morgan fingerprint density at radius 1 is 1.10 bits per heavy atom. The number of primary amides is 1. The maximum absolute atomic E-state index is 14.1. The molecular formula is C35H42N4O9. The van der Waals surface area contributed by atoms with Gasteiger partial charge in [0.05, 0.1) is 18.2 Å². The summed E-state index contributed by atoms with van der Waals surface area (Å²) in [5.74, 6) is -6.54. The quantitative estimate of drug-likeness (QED) is 0.216. The van der Waals surface area contributed by atoms with Gasteiger partial charge in [0.2, 0.25) is 5.78 Å². The van der Waals surface area contributed by atoms with Gasteiger partial charge in [0.1, 0.15) is 28.6 Å². The number of urea groups is 1. The van der Waals surface area contributed by atoms with Crippen molar-refractivity contribution in [2.24, 2.45) is 17.6 Å². The van der Waals surface area contributed by atoms with Crippen LogP contribution in [-0.4, -0.2) is 86.7 Å². The SMILES string of the molecule is CCOc1ccc(-c2ccc(O)c3c2C[C@H]2C[C@H]4C(N(C)C)C(O)=C(C(N)=O)C(=O)[C@@]4(O)C(O)=C2C3=O)cc1CNC(=O)NC(C)(C)C. The molecule has 3 amide bonds. The van der Waals surface area contributed by atoms with E-state index in [2.05, 4.69) is 10.6 Å². The molecule has 0 aromatic heterocycles. The van der Waals surface area contributed by atoms with E-state index in [1.807, 2.05) is 33.8 Å². The molecule has 0 heterocycles. The zero-order chi connectivity index (χ0) is 35.5. The maximum Gasteiger partial charge on any atom is 0.315 e. The van der Waals surface area contributed by atoms with Crippen molar-refractivity contribution in [1.29, 1.82) is 0 Å². The molecule has 8 N–H and O–H groups in total. The van der Waals surface area contributed by atoms with E-state index >= 15 is 0 Å². The number of rotatable bonds is 7. The lowest BCUT2D eigenvalue weighted by Crippen LogP contribution is -2.63. The summed E-state index contributed by atoms with van der Waals surface area (Å²) in [6.45, 7) is 7.97. The van der Waals surface area contributed by atoms with Crippen molar-refractivity contribution in [3.05, 3.63) is 69.7 Å². The Morgan fingerprint density at radius 3 is 2.40 bits per heavy atom. The summed E-state index contributed by atoms with van der Waals surface area (Å²) in [6.07, 6.45) is 0.106. The van der Waals surface area contributed by atoms with Crippen LogP contribution in [0.5, 0.6) is 11.5 Å². The second-order valence-corrected chi connectivity index (χ2v) is 13.8. The minimum absolute atomic E-state index is 0.0256. The van der Waals surface area contributed by atoms with Crippen LogP contribution >= 0.6 is 0 Å². The fourth-order valence-corrected chi connectivity index (χ4v) is 7.26. The Hall–Kier alpha value is -4.88. The van der Waals surface area contributed by atoms with Crippen molar-refractivity contribution in [2.45, 2.75) is 64.3 Å². The first kappa shape index (κ1) is 34.5. The van der Waals surface area contributed by atoms with E-state index < -0.39 is 63.6 Å².